The molecular formula is C11H20. The number of allylic oxidation sites excluding steroid dienone is 4. The van der Waals surface area contributed by atoms with Crippen molar-refractivity contribution in [2.45, 2.75) is 40.0 Å². The van der Waals surface area contributed by atoms with E-state index in [1.165, 1.54) is 19.3 Å². The van der Waals surface area contributed by atoms with E-state index >= 15 is 0 Å². The first kappa shape index (κ1) is 10.5. The summed E-state index contributed by atoms with van der Waals surface area (Å²) in [5.74, 6) is 0.880. The molecule has 0 spiro atoms. The van der Waals surface area contributed by atoms with Crippen molar-refractivity contribution in [2.24, 2.45) is 5.92 Å². The Bertz CT molecular complexity index is 120. The summed E-state index contributed by atoms with van der Waals surface area (Å²) in [6.45, 7) is 6.60. The summed E-state index contributed by atoms with van der Waals surface area (Å²) in [6.07, 6.45) is 12.4. The average Bonchev–Trinajstić information content (AvgIpc) is 2.04. The minimum absolute atomic E-state index is 0.880. The van der Waals surface area contributed by atoms with Crippen LogP contribution in [0.2, 0.25) is 0 Å². The standard InChI is InChI=1S/C11H20/c1-4-6-7-8-9-10-11(3)5-2/h4,6-8,11H,5,9-10H2,1-3H3/b6-4+,8-7+. The molecule has 1 unspecified atom stereocenters. The molecule has 1 atom stereocenters. The van der Waals surface area contributed by atoms with Crippen molar-refractivity contribution in [3.8, 4) is 0 Å². The fourth-order valence-electron chi connectivity index (χ4n) is 0.871. The predicted octanol–water partition coefficient (Wildman–Crippen LogP) is 3.95. The van der Waals surface area contributed by atoms with Crippen LogP contribution in [0.5, 0.6) is 0 Å². The maximum Gasteiger partial charge on any atom is -0.0345 e. The van der Waals surface area contributed by atoms with Crippen molar-refractivity contribution in [3.05, 3.63) is 24.3 Å². The van der Waals surface area contributed by atoms with E-state index in [-0.39, 0.29) is 0 Å². The van der Waals surface area contributed by atoms with Gasteiger partial charge in [-0.2, -0.15) is 0 Å². The molecule has 0 rings (SSSR count). The van der Waals surface area contributed by atoms with Crippen LogP contribution in [-0.2, 0) is 0 Å². The predicted molar refractivity (Wildman–Crippen MR) is 52.6 cm³/mol. The molecule has 11 heavy (non-hydrogen) atoms. The van der Waals surface area contributed by atoms with Crippen LogP contribution in [0, 0.1) is 5.92 Å². The first-order valence-electron chi connectivity index (χ1n) is 4.59. The smallest absolute Gasteiger partial charge is 0.0345 e. The lowest BCUT2D eigenvalue weighted by Gasteiger charge is -2.03. The van der Waals surface area contributed by atoms with Gasteiger partial charge in [0, 0.05) is 0 Å². The largest absolute Gasteiger partial charge is 0.0877 e. The van der Waals surface area contributed by atoms with Crippen molar-refractivity contribution in [1.29, 1.82) is 0 Å². The first-order valence-corrected chi connectivity index (χ1v) is 4.59. The number of hydrogen-bond acceptors (Lipinski definition) is 0. The summed E-state index contributed by atoms with van der Waals surface area (Å²) in [4.78, 5) is 0. The van der Waals surface area contributed by atoms with Crippen LogP contribution < -0.4 is 0 Å². The molecule has 0 nitrogen and oxygen atoms in total. The van der Waals surface area contributed by atoms with E-state index in [1.54, 1.807) is 0 Å². The summed E-state index contributed by atoms with van der Waals surface area (Å²) in [7, 11) is 0. The molecule has 0 heteroatoms. The van der Waals surface area contributed by atoms with Gasteiger partial charge in [-0.05, 0) is 25.7 Å². The Morgan fingerprint density at radius 2 is 2.00 bits per heavy atom. The molecule has 0 saturated heterocycles. The number of hydrogen-bond donors (Lipinski definition) is 0. The van der Waals surface area contributed by atoms with Crippen molar-refractivity contribution in [3.63, 3.8) is 0 Å². The van der Waals surface area contributed by atoms with E-state index in [4.69, 9.17) is 0 Å². The van der Waals surface area contributed by atoms with Crippen LogP contribution >= 0.6 is 0 Å². The van der Waals surface area contributed by atoms with Gasteiger partial charge < -0.3 is 0 Å². The highest BCUT2D eigenvalue weighted by Crippen LogP contribution is 2.09. The Morgan fingerprint density at radius 3 is 2.55 bits per heavy atom. The second-order valence-electron chi connectivity index (χ2n) is 3.04. The van der Waals surface area contributed by atoms with Gasteiger partial charge in [-0.15, -0.1) is 0 Å². The Labute approximate surface area is 71.0 Å². The lowest BCUT2D eigenvalue weighted by molar-refractivity contribution is 0.522. The van der Waals surface area contributed by atoms with Gasteiger partial charge in [0.05, 0.1) is 0 Å². The molecule has 0 heterocycles. The van der Waals surface area contributed by atoms with Crippen LogP contribution in [-0.4, -0.2) is 0 Å². The molecule has 0 aromatic heterocycles. The van der Waals surface area contributed by atoms with Gasteiger partial charge in [0.15, 0.2) is 0 Å². The monoisotopic (exact) mass is 152 g/mol. The zero-order valence-electron chi connectivity index (χ0n) is 8.01. The summed E-state index contributed by atoms with van der Waals surface area (Å²) >= 11 is 0. The summed E-state index contributed by atoms with van der Waals surface area (Å²) in [5.41, 5.74) is 0. The van der Waals surface area contributed by atoms with Crippen LogP contribution in [0.3, 0.4) is 0 Å². The third-order valence-electron chi connectivity index (χ3n) is 1.96. The van der Waals surface area contributed by atoms with Crippen LogP contribution in [0.25, 0.3) is 0 Å². The highest BCUT2D eigenvalue weighted by Gasteiger charge is 1.94. The molecule has 0 amide bonds. The maximum atomic E-state index is 2.31. The minimum Gasteiger partial charge on any atom is -0.0877 e. The summed E-state index contributed by atoms with van der Waals surface area (Å²) < 4.78 is 0. The molecular weight excluding hydrogens is 132 g/mol. The molecule has 0 bridgehead atoms. The highest BCUT2D eigenvalue weighted by atomic mass is 14.0. The fraction of sp³-hybridized carbons (Fsp3) is 0.636. The van der Waals surface area contributed by atoms with E-state index in [2.05, 4.69) is 38.2 Å². The number of rotatable bonds is 5. The minimum atomic E-state index is 0.880. The van der Waals surface area contributed by atoms with E-state index in [9.17, 15) is 0 Å². The van der Waals surface area contributed by atoms with Crippen LogP contribution in [0.15, 0.2) is 24.3 Å². The molecule has 0 fully saturated rings. The van der Waals surface area contributed by atoms with Crippen LogP contribution in [0.1, 0.15) is 40.0 Å². The second-order valence-corrected chi connectivity index (χ2v) is 3.04. The van der Waals surface area contributed by atoms with Crippen molar-refractivity contribution in [2.75, 3.05) is 0 Å². The van der Waals surface area contributed by atoms with Gasteiger partial charge in [0.2, 0.25) is 0 Å². The zero-order valence-corrected chi connectivity index (χ0v) is 8.01. The Morgan fingerprint density at radius 1 is 1.27 bits per heavy atom. The zero-order chi connectivity index (χ0) is 8.53. The molecule has 0 radical (unpaired) electrons. The molecule has 0 aromatic carbocycles. The second kappa shape index (κ2) is 7.59. The highest BCUT2D eigenvalue weighted by molar-refractivity contribution is 5.00. The Balaban J connectivity index is 3.26. The van der Waals surface area contributed by atoms with E-state index in [1.807, 2.05) is 6.92 Å². The van der Waals surface area contributed by atoms with Crippen molar-refractivity contribution < 1.29 is 0 Å². The third kappa shape index (κ3) is 7.38. The molecule has 0 N–H and O–H groups in total. The van der Waals surface area contributed by atoms with E-state index in [0.717, 1.165) is 5.92 Å². The average molecular weight is 152 g/mol. The Kier molecular flexibility index (Phi) is 7.23. The Hall–Kier alpha value is -0.520. The molecule has 0 aliphatic heterocycles. The van der Waals surface area contributed by atoms with Gasteiger partial charge >= 0.3 is 0 Å². The molecule has 0 aliphatic carbocycles. The van der Waals surface area contributed by atoms with Gasteiger partial charge in [-0.3, -0.25) is 0 Å². The van der Waals surface area contributed by atoms with Gasteiger partial charge in [0.1, 0.15) is 0 Å². The van der Waals surface area contributed by atoms with Gasteiger partial charge in [-0.25, -0.2) is 0 Å². The van der Waals surface area contributed by atoms with Gasteiger partial charge in [0.25, 0.3) is 0 Å². The molecule has 0 aliphatic rings. The van der Waals surface area contributed by atoms with Crippen molar-refractivity contribution >= 4 is 0 Å². The fourth-order valence-corrected chi connectivity index (χ4v) is 0.871. The molecule has 64 valence electrons. The van der Waals surface area contributed by atoms with Crippen molar-refractivity contribution in [1.82, 2.24) is 0 Å². The SMILES string of the molecule is C/C=C/C=C/CCC(C)CC. The van der Waals surface area contributed by atoms with Gasteiger partial charge in [-0.1, -0.05) is 44.6 Å². The lowest BCUT2D eigenvalue weighted by atomic mass is 10.0. The molecule has 0 aromatic rings. The first-order chi connectivity index (χ1) is 5.31. The maximum absolute atomic E-state index is 2.31. The third-order valence-corrected chi connectivity index (χ3v) is 1.96. The van der Waals surface area contributed by atoms with E-state index < -0.39 is 0 Å². The summed E-state index contributed by atoms with van der Waals surface area (Å²) in [5, 5.41) is 0. The van der Waals surface area contributed by atoms with E-state index in [0.29, 0.717) is 0 Å². The summed E-state index contributed by atoms with van der Waals surface area (Å²) in [6, 6.07) is 0. The lowest BCUT2D eigenvalue weighted by Crippen LogP contribution is -1.89. The molecule has 0 saturated carbocycles. The quantitative estimate of drug-likeness (QED) is 0.523. The normalized spacial score (nSPS) is 14.8. The topological polar surface area (TPSA) is 0 Å². The van der Waals surface area contributed by atoms with Crippen LogP contribution in [0.4, 0.5) is 0 Å².